The van der Waals surface area contributed by atoms with Gasteiger partial charge in [0.2, 0.25) is 0 Å². The number of hydrogen-bond donors (Lipinski definition) is 0. The SMILES string of the molecule is CCN1c2ccccc2SC12C=Cc1c(ccc3ccccc13)O2. The number of fused-ring (bicyclic) bond motifs is 4. The summed E-state index contributed by atoms with van der Waals surface area (Å²) in [5.41, 5.74) is 2.42. The zero-order valence-corrected chi connectivity index (χ0v) is 14.2. The lowest BCUT2D eigenvalue weighted by molar-refractivity contribution is 0.210. The standard InChI is InChI=1S/C21H17NOS/c1-2-22-18-9-5-6-10-20(18)24-21(22)14-13-17-16-8-4-3-7-15(16)11-12-19(17)23-21/h3-14H,2H2,1H3. The first-order valence-electron chi connectivity index (χ1n) is 8.26. The van der Waals surface area contributed by atoms with E-state index in [0.717, 1.165) is 12.3 Å². The van der Waals surface area contributed by atoms with Crippen LogP contribution < -0.4 is 9.64 Å². The van der Waals surface area contributed by atoms with E-state index in [1.807, 2.05) is 0 Å². The smallest absolute Gasteiger partial charge is 0.256 e. The Bertz CT molecular complexity index is 980. The molecular formula is C21H17NOS. The number of rotatable bonds is 1. The van der Waals surface area contributed by atoms with Crippen LogP contribution in [0.2, 0.25) is 0 Å². The van der Waals surface area contributed by atoms with E-state index >= 15 is 0 Å². The summed E-state index contributed by atoms with van der Waals surface area (Å²) in [7, 11) is 0. The Morgan fingerprint density at radius 2 is 1.83 bits per heavy atom. The van der Waals surface area contributed by atoms with Gasteiger partial charge in [-0.1, -0.05) is 42.5 Å². The van der Waals surface area contributed by atoms with Crippen molar-refractivity contribution in [2.24, 2.45) is 0 Å². The Morgan fingerprint density at radius 1 is 1.00 bits per heavy atom. The molecule has 0 saturated heterocycles. The number of benzene rings is 3. The first-order valence-corrected chi connectivity index (χ1v) is 9.08. The molecule has 1 atom stereocenters. The predicted octanol–water partition coefficient (Wildman–Crippen LogP) is 5.53. The van der Waals surface area contributed by atoms with Gasteiger partial charge in [0.1, 0.15) is 5.75 Å². The number of hydrogen-bond acceptors (Lipinski definition) is 3. The molecule has 0 fully saturated rings. The monoisotopic (exact) mass is 331 g/mol. The molecule has 2 aliphatic rings. The highest BCUT2D eigenvalue weighted by Gasteiger charge is 2.46. The summed E-state index contributed by atoms with van der Waals surface area (Å²) >= 11 is 1.78. The van der Waals surface area contributed by atoms with Crippen LogP contribution in [0, 0.1) is 0 Å². The molecule has 0 aromatic heterocycles. The second kappa shape index (κ2) is 5.05. The average molecular weight is 331 g/mol. The minimum Gasteiger partial charge on any atom is -0.454 e. The van der Waals surface area contributed by atoms with Gasteiger partial charge in [-0.05, 0) is 59.8 Å². The number of anilines is 1. The minimum atomic E-state index is -0.478. The fraction of sp³-hybridized carbons (Fsp3) is 0.143. The molecule has 0 saturated carbocycles. The van der Waals surface area contributed by atoms with E-state index < -0.39 is 5.06 Å². The number of likely N-dealkylation sites (N-methyl/N-ethyl adjacent to an activating group) is 1. The lowest BCUT2D eigenvalue weighted by Crippen LogP contribution is -2.47. The molecule has 0 N–H and O–H groups in total. The zero-order chi connectivity index (χ0) is 16.1. The van der Waals surface area contributed by atoms with Crippen molar-refractivity contribution in [2.45, 2.75) is 16.9 Å². The van der Waals surface area contributed by atoms with E-state index in [2.05, 4.69) is 84.6 Å². The van der Waals surface area contributed by atoms with Gasteiger partial charge in [-0.15, -0.1) is 0 Å². The molecule has 2 aliphatic heterocycles. The van der Waals surface area contributed by atoms with E-state index in [-0.39, 0.29) is 0 Å². The summed E-state index contributed by atoms with van der Waals surface area (Å²) in [6.45, 7) is 3.08. The second-order valence-electron chi connectivity index (χ2n) is 6.08. The van der Waals surface area contributed by atoms with Crippen molar-refractivity contribution in [1.82, 2.24) is 0 Å². The summed E-state index contributed by atoms with van der Waals surface area (Å²) in [6, 6.07) is 21.2. The summed E-state index contributed by atoms with van der Waals surface area (Å²) in [5, 5.41) is 2.01. The molecule has 0 radical (unpaired) electrons. The third kappa shape index (κ3) is 1.85. The minimum absolute atomic E-state index is 0.478. The lowest BCUT2D eigenvalue weighted by Gasteiger charge is -2.38. The van der Waals surface area contributed by atoms with Gasteiger partial charge >= 0.3 is 0 Å². The van der Waals surface area contributed by atoms with Crippen molar-refractivity contribution in [3.05, 3.63) is 72.3 Å². The van der Waals surface area contributed by atoms with Gasteiger partial charge in [0.25, 0.3) is 5.06 Å². The van der Waals surface area contributed by atoms with Crippen LogP contribution in [0.1, 0.15) is 12.5 Å². The maximum Gasteiger partial charge on any atom is 0.256 e. The van der Waals surface area contributed by atoms with Gasteiger partial charge in [-0.25, -0.2) is 0 Å². The van der Waals surface area contributed by atoms with Crippen molar-refractivity contribution in [2.75, 3.05) is 11.4 Å². The molecule has 5 rings (SSSR count). The Morgan fingerprint density at radius 3 is 2.75 bits per heavy atom. The molecular weight excluding hydrogens is 314 g/mol. The fourth-order valence-corrected chi connectivity index (χ4v) is 5.00. The first-order chi connectivity index (χ1) is 11.8. The molecule has 24 heavy (non-hydrogen) atoms. The molecule has 0 amide bonds. The highest BCUT2D eigenvalue weighted by atomic mass is 32.2. The topological polar surface area (TPSA) is 12.5 Å². The first kappa shape index (κ1) is 14.0. The Labute approximate surface area is 145 Å². The Balaban J connectivity index is 1.65. The van der Waals surface area contributed by atoms with Crippen LogP contribution >= 0.6 is 11.8 Å². The summed E-state index contributed by atoms with van der Waals surface area (Å²) in [4.78, 5) is 3.61. The highest BCUT2D eigenvalue weighted by molar-refractivity contribution is 8.01. The predicted molar refractivity (Wildman–Crippen MR) is 102 cm³/mol. The van der Waals surface area contributed by atoms with Crippen LogP contribution in [0.5, 0.6) is 5.75 Å². The average Bonchev–Trinajstić information content (AvgIpc) is 2.93. The van der Waals surface area contributed by atoms with Gasteiger partial charge in [0.15, 0.2) is 0 Å². The molecule has 2 nitrogen and oxygen atoms in total. The second-order valence-corrected chi connectivity index (χ2v) is 7.31. The Kier molecular flexibility index (Phi) is 2.95. The summed E-state index contributed by atoms with van der Waals surface area (Å²) in [5.74, 6) is 0.954. The van der Waals surface area contributed by atoms with E-state index in [1.54, 1.807) is 11.8 Å². The van der Waals surface area contributed by atoms with Gasteiger partial charge in [-0.2, -0.15) is 0 Å². The van der Waals surface area contributed by atoms with Gasteiger partial charge in [0.05, 0.1) is 5.69 Å². The molecule has 3 aromatic rings. The van der Waals surface area contributed by atoms with Crippen molar-refractivity contribution in [3.8, 4) is 5.75 Å². The third-order valence-electron chi connectivity index (χ3n) is 4.75. The Hall–Kier alpha value is -2.39. The molecule has 0 aliphatic carbocycles. The summed E-state index contributed by atoms with van der Waals surface area (Å²) in [6.07, 6.45) is 4.43. The zero-order valence-electron chi connectivity index (χ0n) is 13.4. The quantitative estimate of drug-likeness (QED) is 0.581. The number of thioether (sulfide) groups is 1. The third-order valence-corrected chi connectivity index (χ3v) is 6.05. The van der Waals surface area contributed by atoms with Gasteiger partial charge in [-0.3, -0.25) is 0 Å². The molecule has 0 bridgehead atoms. The molecule has 3 heteroatoms. The van der Waals surface area contributed by atoms with Crippen LogP contribution in [0.25, 0.3) is 16.8 Å². The molecule has 1 spiro atoms. The van der Waals surface area contributed by atoms with Gasteiger partial charge < -0.3 is 9.64 Å². The lowest BCUT2D eigenvalue weighted by atomic mass is 10.0. The van der Waals surface area contributed by atoms with Crippen LogP contribution in [0.15, 0.2) is 71.6 Å². The van der Waals surface area contributed by atoms with Crippen molar-refractivity contribution < 1.29 is 4.74 Å². The van der Waals surface area contributed by atoms with Crippen LogP contribution in [-0.4, -0.2) is 11.6 Å². The van der Waals surface area contributed by atoms with Crippen molar-refractivity contribution in [1.29, 1.82) is 0 Å². The van der Waals surface area contributed by atoms with E-state index in [9.17, 15) is 0 Å². The van der Waals surface area contributed by atoms with E-state index in [4.69, 9.17) is 4.74 Å². The van der Waals surface area contributed by atoms with Crippen LogP contribution in [0.4, 0.5) is 5.69 Å². The molecule has 118 valence electrons. The molecule has 3 aromatic carbocycles. The number of para-hydroxylation sites is 1. The fourth-order valence-electron chi connectivity index (χ4n) is 3.65. The number of nitrogens with zero attached hydrogens (tertiary/aromatic N) is 1. The van der Waals surface area contributed by atoms with Gasteiger partial charge in [0, 0.05) is 17.0 Å². The summed E-state index contributed by atoms with van der Waals surface area (Å²) < 4.78 is 6.58. The van der Waals surface area contributed by atoms with E-state index in [1.165, 1.54) is 26.9 Å². The maximum atomic E-state index is 6.58. The van der Waals surface area contributed by atoms with Crippen molar-refractivity contribution >= 4 is 34.3 Å². The largest absolute Gasteiger partial charge is 0.454 e. The maximum absolute atomic E-state index is 6.58. The highest BCUT2D eigenvalue weighted by Crippen LogP contribution is 2.53. The number of ether oxygens (including phenoxy) is 1. The molecule has 2 heterocycles. The van der Waals surface area contributed by atoms with Crippen molar-refractivity contribution in [3.63, 3.8) is 0 Å². The van der Waals surface area contributed by atoms with Crippen LogP contribution in [-0.2, 0) is 0 Å². The molecule has 1 unspecified atom stereocenters. The van der Waals surface area contributed by atoms with Crippen LogP contribution in [0.3, 0.4) is 0 Å². The normalized spacial score (nSPS) is 21.0. The van der Waals surface area contributed by atoms with E-state index in [0.29, 0.717) is 0 Å².